The Bertz CT molecular complexity index is 659. The average molecular weight is 281 g/mol. The molecule has 0 fully saturated rings. The van der Waals surface area contributed by atoms with Crippen LogP contribution in [-0.2, 0) is 11.2 Å². The molecule has 2 aromatic carbocycles. The standard InChI is InChI=1S/C19H23NO/c1-13-5-9-18(16(4)11-13)20-19(21)10-8-17-7-6-14(2)15(3)12-17/h5-7,9,11-12H,8,10H2,1-4H3,(H,20,21). The summed E-state index contributed by atoms with van der Waals surface area (Å²) in [6.45, 7) is 8.28. The van der Waals surface area contributed by atoms with Gasteiger partial charge in [0, 0.05) is 12.1 Å². The first-order valence-corrected chi connectivity index (χ1v) is 7.39. The van der Waals surface area contributed by atoms with Crippen LogP contribution in [0, 0.1) is 27.7 Å². The van der Waals surface area contributed by atoms with Crippen LogP contribution in [0.1, 0.15) is 34.2 Å². The predicted octanol–water partition coefficient (Wildman–Crippen LogP) is 4.49. The van der Waals surface area contributed by atoms with E-state index in [1.165, 1.54) is 22.3 Å². The van der Waals surface area contributed by atoms with Crippen LogP contribution < -0.4 is 5.32 Å². The number of carbonyl (C=O) groups excluding carboxylic acids is 1. The quantitative estimate of drug-likeness (QED) is 0.879. The largest absolute Gasteiger partial charge is 0.326 e. The van der Waals surface area contributed by atoms with Gasteiger partial charge in [-0.1, -0.05) is 35.9 Å². The number of amides is 1. The first-order valence-electron chi connectivity index (χ1n) is 7.39. The lowest BCUT2D eigenvalue weighted by atomic mass is 10.0. The van der Waals surface area contributed by atoms with Crippen LogP contribution in [0.3, 0.4) is 0 Å². The van der Waals surface area contributed by atoms with E-state index in [2.05, 4.69) is 50.4 Å². The van der Waals surface area contributed by atoms with Crippen molar-refractivity contribution in [2.75, 3.05) is 5.32 Å². The van der Waals surface area contributed by atoms with Crippen molar-refractivity contribution >= 4 is 11.6 Å². The molecule has 0 aromatic heterocycles. The van der Waals surface area contributed by atoms with Gasteiger partial charge in [-0.2, -0.15) is 0 Å². The van der Waals surface area contributed by atoms with E-state index in [4.69, 9.17) is 0 Å². The summed E-state index contributed by atoms with van der Waals surface area (Å²) in [5, 5.41) is 2.99. The Morgan fingerprint density at radius 1 is 0.905 bits per heavy atom. The molecule has 1 amide bonds. The smallest absolute Gasteiger partial charge is 0.224 e. The number of rotatable bonds is 4. The summed E-state index contributed by atoms with van der Waals surface area (Å²) in [4.78, 5) is 12.1. The molecule has 0 aliphatic heterocycles. The fourth-order valence-electron chi connectivity index (χ4n) is 2.38. The summed E-state index contributed by atoms with van der Waals surface area (Å²) in [7, 11) is 0. The third kappa shape index (κ3) is 4.19. The van der Waals surface area contributed by atoms with E-state index in [-0.39, 0.29) is 5.91 Å². The lowest BCUT2D eigenvalue weighted by Crippen LogP contribution is -2.13. The zero-order valence-electron chi connectivity index (χ0n) is 13.3. The Labute approximate surface area is 127 Å². The molecule has 0 saturated heterocycles. The molecule has 0 atom stereocenters. The molecule has 0 spiro atoms. The highest BCUT2D eigenvalue weighted by Crippen LogP contribution is 2.17. The summed E-state index contributed by atoms with van der Waals surface area (Å²) in [5.74, 6) is 0.0696. The Balaban J connectivity index is 1.94. The van der Waals surface area contributed by atoms with E-state index in [0.29, 0.717) is 6.42 Å². The van der Waals surface area contributed by atoms with E-state index in [1.54, 1.807) is 0 Å². The van der Waals surface area contributed by atoms with Crippen LogP contribution in [0.25, 0.3) is 0 Å². The maximum absolute atomic E-state index is 12.1. The monoisotopic (exact) mass is 281 g/mol. The summed E-state index contributed by atoms with van der Waals surface area (Å²) in [6.07, 6.45) is 1.29. The molecule has 0 heterocycles. The van der Waals surface area contributed by atoms with Crippen LogP contribution in [-0.4, -0.2) is 5.91 Å². The number of nitrogens with one attached hydrogen (secondary N) is 1. The minimum atomic E-state index is 0.0696. The summed E-state index contributed by atoms with van der Waals surface area (Å²) >= 11 is 0. The second-order valence-corrected chi connectivity index (χ2v) is 5.79. The SMILES string of the molecule is Cc1ccc(NC(=O)CCc2ccc(C)c(C)c2)c(C)c1. The van der Waals surface area contributed by atoms with Crippen molar-refractivity contribution in [3.05, 3.63) is 64.2 Å². The molecule has 2 heteroatoms. The molecule has 21 heavy (non-hydrogen) atoms. The topological polar surface area (TPSA) is 29.1 Å². The predicted molar refractivity (Wildman–Crippen MR) is 88.8 cm³/mol. The summed E-state index contributed by atoms with van der Waals surface area (Å²) < 4.78 is 0. The maximum atomic E-state index is 12.1. The van der Waals surface area contributed by atoms with Crippen molar-refractivity contribution in [1.29, 1.82) is 0 Å². The molecule has 0 bridgehead atoms. The van der Waals surface area contributed by atoms with Crippen molar-refractivity contribution in [1.82, 2.24) is 0 Å². The first kappa shape index (κ1) is 15.3. The van der Waals surface area contributed by atoms with E-state index in [0.717, 1.165) is 17.7 Å². The molecular formula is C19H23NO. The third-order valence-corrected chi connectivity index (χ3v) is 3.87. The number of benzene rings is 2. The minimum Gasteiger partial charge on any atom is -0.326 e. The van der Waals surface area contributed by atoms with Crippen LogP contribution in [0.4, 0.5) is 5.69 Å². The van der Waals surface area contributed by atoms with Gasteiger partial charge in [-0.05, 0) is 62.4 Å². The maximum Gasteiger partial charge on any atom is 0.224 e. The zero-order valence-corrected chi connectivity index (χ0v) is 13.3. The van der Waals surface area contributed by atoms with Crippen molar-refractivity contribution in [3.63, 3.8) is 0 Å². The normalized spacial score (nSPS) is 10.5. The van der Waals surface area contributed by atoms with Gasteiger partial charge < -0.3 is 5.32 Å². The highest BCUT2D eigenvalue weighted by atomic mass is 16.1. The van der Waals surface area contributed by atoms with E-state index >= 15 is 0 Å². The second-order valence-electron chi connectivity index (χ2n) is 5.79. The molecule has 0 aliphatic carbocycles. The fraction of sp³-hybridized carbons (Fsp3) is 0.316. The van der Waals surface area contributed by atoms with Gasteiger partial charge in [0.1, 0.15) is 0 Å². The number of hydrogen-bond donors (Lipinski definition) is 1. The number of anilines is 1. The summed E-state index contributed by atoms with van der Waals surface area (Å²) in [5.41, 5.74) is 7.01. The van der Waals surface area contributed by atoms with Gasteiger partial charge in [0.15, 0.2) is 0 Å². The van der Waals surface area contributed by atoms with Gasteiger partial charge in [-0.15, -0.1) is 0 Å². The Kier molecular flexibility index (Phi) is 4.79. The van der Waals surface area contributed by atoms with Gasteiger partial charge in [0.2, 0.25) is 5.91 Å². The Morgan fingerprint density at radius 2 is 1.67 bits per heavy atom. The van der Waals surface area contributed by atoms with Gasteiger partial charge in [0.05, 0.1) is 0 Å². The van der Waals surface area contributed by atoms with E-state index < -0.39 is 0 Å². The molecule has 2 aromatic rings. The first-order chi connectivity index (χ1) is 9.95. The minimum absolute atomic E-state index is 0.0696. The number of aryl methyl sites for hydroxylation is 5. The molecule has 1 N–H and O–H groups in total. The lowest BCUT2D eigenvalue weighted by molar-refractivity contribution is -0.116. The van der Waals surface area contributed by atoms with Crippen molar-refractivity contribution in [2.45, 2.75) is 40.5 Å². The lowest BCUT2D eigenvalue weighted by Gasteiger charge is -2.09. The highest BCUT2D eigenvalue weighted by Gasteiger charge is 2.06. The van der Waals surface area contributed by atoms with Crippen LogP contribution >= 0.6 is 0 Å². The van der Waals surface area contributed by atoms with Crippen LogP contribution in [0.5, 0.6) is 0 Å². The zero-order chi connectivity index (χ0) is 15.4. The van der Waals surface area contributed by atoms with E-state index in [1.807, 2.05) is 19.1 Å². The molecule has 0 radical (unpaired) electrons. The third-order valence-electron chi connectivity index (χ3n) is 3.87. The van der Waals surface area contributed by atoms with Gasteiger partial charge >= 0.3 is 0 Å². The van der Waals surface area contributed by atoms with Crippen molar-refractivity contribution in [3.8, 4) is 0 Å². The van der Waals surface area contributed by atoms with Gasteiger partial charge in [-0.3, -0.25) is 4.79 Å². The summed E-state index contributed by atoms with van der Waals surface area (Å²) in [6, 6.07) is 12.5. The van der Waals surface area contributed by atoms with Crippen molar-refractivity contribution in [2.24, 2.45) is 0 Å². The van der Waals surface area contributed by atoms with Crippen LogP contribution in [0.2, 0.25) is 0 Å². The van der Waals surface area contributed by atoms with E-state index in [9.17, 15) is 4.79 Å². The molecule has 2 rings (SSSR count). The Morgan fingerprint density at radius 3 is 2.33 bits per heavy atom. The van der Waals surface area contributed by atoms with Crippen molar-refractivity contribution < 1.29 is 4.79 Å². The molecular weight excluding hydrogens is 258 g/mol. The molecule has 0 unspecified atom stereocenters. The van der Waals surface area contributed by atoms with Gasteiger partial charge in [-0.25, -0.2) is 0 Å². The van der Waals surface area contributed by atoms with Gasteiger partial charge in [0.25, 0.3) is 0 Å². The number of hydrogen-bond acceptors (Lipinski definition) is 1. The number of carbonyl (C=O) groups is 1. The fourth-order valence-corrected chi connectivity index (χ4v) is 2.38. The molecule has 2 nitrogen and oxygen atoms in total. The van der Waals surface area contributed by atoms with Crippen LogP contribution in [0.15, 0.2) is 36.4 Å². The highest BCUT2D eigenvalue weighted by molar-refractivity contribution is 5.91. The molecule has 0 aliphatic rings. The Hall–Kier alpha value is -2.09. The second kappa shape index (κ2) is 6.57. The average Bonchev–Trinajstić information content (AvgIpc) is 2.43. The molecule has 0 saturated carbocycles. The molecule has 110 valence electrons.